The highest BCUT2D eigenvalue weighted by Crippen LogP contribution is 2.27. The van der Waals surface area contributed by atoms with Gasteiger partial charge >= 0.3 is 0 Å². The Morgan fingerprint density at radius 2 is 1.70 bits per heavy atom. The van der Waals surface area contributed by atoms with Crippen molar-refractivity contribution in [2.75, 3.05) is 13.6 Å². The fraction of sp³-hybridized carbons (Fsp3) is 0.571. The van der Waals surface area contributed by atoms with Crippen molar-refractivity contribution in [3.63, 3.8) is 0 Å². The molecule has 0 amide bonds. The van der Waals surface area contributed by atoms with E-state index in [0.717, 1.165) is 48.2 Å². The first-order chi connectivity index (χ1) is 9.43. The predicted molar refractivity (Wildman–Crippen MR) is 72.7 cm³/mol. The summed E-state index contributed by atoms with van der Waals surface area (Å²) in [6, 6.07) is 3.08. The fourth-order valence-corrected chi connectivity index (χ4v) is 4.06. The van der Waals surface area contributed by atoms with Crippen molar-refractivity contribution < 1.29 is 17.2 Å². The first-order valence-corrected chi connectivity index (χ1v) is 8.27. The SMILES string of the molecule is CN(CC1CCCCC1)S(=O)(=O)c1c(F)cccc1F. The largest absolute Gasteiger partial charge is 0.248 e. The molecular formula is C14H19F2NO2S. The van der Waals surface area contributed by atoms with Gasteiger partial charge in [-0.25, -0.2) is 21.5 Å². The van der Waals surface area contributed by atoms with Gasteiger partial charge in [-0.2, -0.15) is 0 Å². The summed E-state index contributed by atoms with van der Waals surface area (Å²) >= 11 is 0. The van der Waals surface area contributed by atoms with Crippen LogP contribution in [0.3, 0.4) is 0 Å². The van der Waals surface area contributed by atoms with Gasteiger partial charge < -0.3 is 0 Å². The topological polar surface area (TPSA) is 37.4 Å². The Hall–Kier alpha value is -1.01. The van der Waals surface area contributed by atoms with Crippen LogP contribution < -0.4 is 0 Å². The van der Waals surface area contributed by atoms with Crippen molar-refractivity contribution in [1.82, 2.24) is 4.31 Å². The summed E-state index contributed by atoms with van der Waals surface area (Å²) in [5.74, 6) is -1.81. The molecule has 1 saturated carbocycles. The van der Waals surface area contributed by atoms with Crippen molar-refractivity contribution in [2.24, 2.45) is 5.92 Å². The number of hydrogen-bond acceptors (Lipinski definition) is 2. The molecule has 3 nitrogen and oxygen atoms in total. The van der Waals surface area contributed by atoms with Gasteiger partial charge in [0.1, 0.15) is 11.6 Å². The highest BCUT2D eigenvalue weighted by atomic mass is 32.2. The van der Waals surface area contributed by atoms with E-state index in [0.29, 0.717) is 6.54 Å². The molecule has 0 aliphatic heterocycles. The van der Waals surface area contributed by atoms with Crippen molar-refractivity contribution >= 4 is 10.0 Å². The van der Waals surface area contributed by atoms with E-state index in [9.17, 15) is 17.2 Å². The minimum absolute atomic E-state index is 0.276. The van der Waals surface area contributed by atoms with Crippen LogP contribution in [0.25, 0.3) is 0 Å². The van der Waals surface area contributed by atoms with E-state index in [2.05, 4.69) is 0 Å². The molecule has 1 aromatic rings. The van der Waals surface area contributed by atoms with Gasteiger partial charge in [0.05, 0.1) is 0 Å². The molecule has 2 rings (SSSR count). The maximum absolute atomic E-state index is 13.6. The van der Waals surface area contributed by atoms with Gasteiger partial charge in [-0.15, -0.1) is 0 Å². The summed E-state index contributed by atoms with van der Waals surface area (Å²) in [7, 11) is -2.73. The highest BCUT2D eigenvalue weighted by molar-refractivity contribution is 7.89. The zero-order valence-corrected chi connectivity index (χ0v) is 12.3. The van der Waals surface area contributed by atoms with Gasteiger partial charge in [0, 0.05) is 13.6 Å². The summed E-state index contributed by atoms with van der Waals surface area (Å²) in [6.45, 7) is 0.316. The quantitative estimate of drug-likeness (QED) is 0.857. The van der Waals surface area contributed by atoms with E-state index >= 15 is 0 Å². The van der Waals surface area contributed by atoms with Crippen LogP contribution in [-0.2, 0) is 10.0 Å². The van der Waals surface area contributed by atoms with E-state index in [1.54, 1.807) is 0 Å². The average Bonchev–Trinajstić information content (AvgIpc) is 2.39. The summed E-state index contributed by atoms with van der Waals surface area (Å²) in [6.07, 6.45) is 5.30. The minimum Gasteiger partial charge on any atom is -0.207 e. The lowest BCUT2D eigenvalue weighted by atomic mass is 9.89. The number of sulfonamides is 1. The molecule has 0 bridgehead atoms. The van der Waals surface area contributed by atoms with Gasteiger partial charge in [-0.3, -0.25) is 0 Å². The molecule has 0 radical (unpaired) electrons. The third kappa shape index (κ3) is 3.17. The van der Waals surface area contributed by atoms with Gasteiger partial charge in [-0.1, -0.05) is 25.3 Å². The van der Waals surface area contributed by atoms with Crippen LogP contribution in [-0.4, -0.2) is 26.3 Å². The van der Waals surface area contributed by atoms with Crippen LogP contribution in [0.15, 0.2) is 23.1 Å². The second-order valence-electron chi connectivity index (χ2n) is 5.34. The van der Waals surface area contributed by atoms with E-state index in [1.807, 2.05) is 0 Å². The van der Waals surface area contributed by atoms with Crippen molar-refractivity contribution in [2.45, 2.75) is 37.0 Å². The van der Waals surface area contributed by atoms with E-state index in [4.69, 9.17) is 0 Å². The number of rotatable bonds is 4. The molecular weight excluding hydrogens is 284 g/mol. The van der Waals surface area contributed by atoms with Crippen LogP contribution in [0.2, 0.25) is 0 Å². The first kappa shape index (κ1) is 15.4. The lowest BCUT2D eigenvalue weighted by Gasteiger charge is -2.26. The highest BCUT2D eigenvalue weighted by Gasteiger charge is 2.30. The molecule has 0 heterocycles. The summed E-state index contributed by atoms with van der Waals surface area (Å²) < 4.78 is 52.9. The molecule has 0 spiro atoms. The van der Waals surface area contributed by atoms with Crippen molar-refractivity contribution in [3.8, 4) is 0 Å². The molecule has 112 valence electrons. The van der Waals surface area contributed by atoms with Gasteiger partial charge in [0.2, 0.25) is 10.0 Å². The van der Waals surface area contributed by atoms with Crippen LogP contribution in [0, 0.1) is 17.6 Å². The van der Waals surface area contributed by atoms with Crippen molar-refractivity contribution in [3.05, 3.63) is 29.8 Å². The van der Waals surface area contributed by atoms with Gasteiger partial charge in [0.25, 0.3) is 0 Å². The number of halogens is 2. The van der Waals surface area contributed by atoms with Crippen LogP contribution >= 0.6 is 0 Å². The number of hydrogen-bond donors (Lipinski definition) is 0. The zero-order valence-electron chi connectivity index (χ0n) is 11.5. The molecule has 1 aromatic carbocycles. The fourth-order valence-electron chi connectivity index (χ4n) is 2.72. The maximum atomic E-state index is 13.6. The lowest BCUT2D eigenvalue weighted by Crippen LogP contribution is -2.33. The summed E-state index contributed by atoms with van der Waals surface area (Å²) in [5, 5.41) is 0. The molecule has 0 aromatic heterocycles. The van der Waals surface area contributed by atoms with Gasteiger partial charge in [0.15, 0.2) is 4.90 Å². The standard InChI is InChI=1S/C14H19F2NO2S/c1-17(10-11-6-3-2-4-7-11)20(18,19)14-12(15)8-5-9-13(14)16/h5,8-9,11H,2-4,6-7,10H2,1H3. The number of nitrogens with zero attached hydrogens (tertiary/aromatic N) is 1. The van der Waals surface area contributed by atoms with Crippen molar-refractivity contribution in [1.29, 1.82) is 0 Å². The Kier molecular flexibility index (Phi) is 4.75. The Balaban J connectivity index is 2.21. The lowest BCUT2D eigenvalue weighted by molar-refractivity contribution is 0.299. The van der Waals surface area contributed by atoms with Crippen LogP contribution in [0.4, 0.5) is 8.78 Å². The summed E-state index contributed by atoms with van der Waals surface area (Å²) in [4.78, 5) is -0.849. The Morgan fingerprint density at radius 3 is 2.25 bits per heavy atom. The molecule has 0 unspecified atom stereocenters. The molecule has 20 heavy (non-hydrogen) atoms. The average molecular weight is 303 g/mol. The molecule has 1 aliphatic carbocycles. The maximum Gasteiger partial charge on any atom is 0.248 e. The Morgan fingerprint density at radius 1 is 1.15 bits per heavy atom. The summed E-state index contributed by atoms with van der Waals surface area (Å²) in [5.41, 5.74) is 0. The second kappa shape index (κ2) is 6.18. The molecule has 1 aliphatic rings. The Bertz CT molecular complexity index is 548. The molecule has 6 heteroatoms. The first-order valence-electron chi connectivity index (χ1n) is 6.83. The van der Waals surface area contributed by atoms with Crippen LogP contribution in [0.5, 0.6) is 0 Å². The Labute approximate surface area is 118 Å². The molecule has 0 N–H and O–H groups in total. The second-order valence-corrected chi connectivity index (χ2v) is 7.32. The van der Waals surface area contributed by atoms with Crippen LogP contribution in [0.1, 0.15) is 32.1 Å². The predicted octanol–water partition coefficient (Wildman–Crippen LogP) is 3.17. The monoisotopic (exact) mass is 303 g/mol. The molecule has 1 fully saturated rings. The third-order valence-corrected chi connectivity index (χ3v) is 5.70. The zero-order chi connectivity index (χ0) is 14.8. The van der Waals surface area contributed by atoms with Gasteiger partial charge in [-0.05, 0) is 30.9 Å². The third-order valence-electron chi connectivity index (χ3n) is 3.83. The van der Waals surface area contributed by atoms with E-state index < -0.39 is 26.6 Å². The van der Waals surface area contributed by atoms with E-state index in [1.165, 1.54) is 13.5 Å². The van der Waals surface area contributed by atoms with E-state index in [-0.39, 0.29) is 5.92 Å². The smallest absolute Gasteiger partial charge is 0.207 e. The minimum atomic E-state index is -4.12. The normalized spacial score (nSPS) is 17.6. The number of benzene rings is 1. The molecule has 0 atom stereocenters. The molecule has 0 saturated heterocycles.